The van der Waals surface area contributed by atoms with Gasteiger partial charge in [-0.15, -0.1) is 0 Å². The summed E-state index contributed by atoms with van der Waals surface area (Å²) in [5, 5.41) is 0.604. The molecule has 114 valence electrons. The number of rotatable bonds is 4. The Balaban J connectivity index is 2.25. The molecule has 22 heavy (non-hydrogen) atoms. The van der Waals surface area contributed by atoms with Gasteiger partial charge in [-0.3, -0.25) is 4.99 Å². The SMILES string of the molecule is CCOC(=O)Oc1ccc(Br)cc1C=Nc1cccc(Cl)c1. The van der Waals surface area contributed by atoms with E-state index in [0.29, 0.717) is 22.0 Å². The smallest absolute Gasteiger partial charge is 0.434 e. The van der Waals surface area contributed by atoms with Gasteiger partial charge in [0.1, 0.15) is 5.75 Å². The summed E-state index contributed by atoms with van der Waals surface area (Å²) in [4.78, 5) is 15.8. The van der Waals surface area contributed by atoms with Crippen molar-refractivity contribution < 1.29 is 14.3 Å². The van der Waals surface area contributed by atoms with Gasteiger partial charge in [0.05, 0.1) is 12.3 Å². The second-order valence-corrected chi connectivity index (χ2v) is 5.56. The molecule has 0 aliphatic carbocycles. The first-order chi connectivity index (χ1) is 10.6. The Morgan fingerprint density at radius 1 is 1.32 bits per heavy atom. The van der Waals surface area contributed by atoms with Crippen LogP contribution in [0.1, 0.15) is 12.5 Å². The lowest BCUT2D eigenvalue weighted by molar-refractivity contribution is 0.104. The predicted octanol–water partition coefficient (Wildman–Crippen LogP) is 5.39. The lowest BCUT2D eigenvalue weighted by Gasteiger charge is -2.07. The van der Waals surface area contributed by atoms with Gasteiger partial charge in [-0.05, 0) is 43.3 Å². The molecule has 2 rings (SSSR count). The average molecular weight is 383 g/mol. The van der Waals surface area contributed by atoms with E-state index in [9.17, 15) is 4.79 Å². The van der Waals surface area contributed by atoms with Crippen LogP contribution in [0.2, 0.25) is 5.02 Å². The lowest BCUT2D eigenvalue weighted by Crippen LogP contribution is -2.11. The second-order valence-electron chi connectivity index (χ2n) is 4.21. The Labute approximate surface area is 141 Å². The number of nitrogens with zero attached hydrogens (tertiary/aromatic N) is 1. The zero-order valence-corrected chi connectivity index (χ0v) is 14.1. The van der Waals surface area contributed by atoms with Gasteiger partial charge in [0.15, 0.2) is 0 Å². The van der Waals surface area contributed by atoms with Crippen LogP contribution in [0.3, 0.4) is 0 Å². The van der Waals surface area contributed by atoms with E-state index in [1.165, 1.54) is 0 Å². The van der Waals surface area contributed by atoms with Crippen molar-refractivity contribution >= 4 is 45.6 Å². The summed E-state index contributed by atoms with van der Waals surface area (Å²) < 4.78 is 10.8. The van der Waals surface area contributed by atoms with E-state index >= 15 is 0 Å². The quantitative estimate of drug-likeness (QED) is 0.405. The number of carbonyl (C=O) groups excluding carboxylic acids is 1. The number of benzene rings is 2. The molecule has 0 aliphatic heterocycles. The fourth-order valence-electron chi connectivity index (χ4n) is 1.65. The van der Waals surface area contributed by atoms with E-state index in [0.717, 1.165) is 4.47 Å². The van der Waals surface area contributed by atoms with Crippen molar-refractivity contribution in [1.82, 2.24) is 0 Å². The Morgan fingerprint density at radius 3 is 2.86 bits per heavy atom. The van der Waals surface area contributed by atoms with Crippen molar-refractivity contribution in [2.75, 3.05) is 6.61 Å². The molecule has 4 nitrogen and oxygen atoms in total. The zero-order chi connectivity index (χ0) is 15.9. The number of aliphatic imine (C=N–C) groups is 1. The van der Waals surface area contributed by atoms with Crippen molar-refractivity contribution in [3.63, 3.8) is 0 Å². The van der Waals surface area contributed by atoms with Gasteiger partial charge in [0.25, 0.3) is 0 Å². The molecule has 0 aliphatic rings. The minimum absolute atomic E-state index is 0.251. The monoisotopic (exact) mass is 381 g/mol. The molecule has 0 saturated carbocycles. The molecule has 2 aromatic rings. The molecule has 0 unspecified atom stereocenters. The fourth-order valence-corrected chi connectivity index (χ4v) is 2.21. The van der Waals surface area contributed by atoms with E-state index in [1.54, 1.807) is 43.5 Å². The number of halogens is 2. The van der Waals surface area contributed by atoms with Crippen LogP contribution in [0, 0.1) is 0 Å². The molecule has 6 heteroatoms. The van der Waals surface area contributed by atoms with E-state index in [1.807, 2.05) is 12.1 Å². The van der Waals surface area contributed by atoms with Gasteiger partial charge in [0, 0.05) is 21.3 Å². The van der Waals surface area contributed by atoms with Gasteiger partial charge in [-0.2, -0.15) is 0 Å². The molecule has 0 saturated heterocycles. The molecule has 0 atom stereocenters. The topological polar surface area (TPSA) is 47.9 Å². The fraction of sp³-hybridized carbons (Fsp3) is 0.125. The summed E-state index contributed by atoms with van der Waals surface area (Å²) in [6.45, 7) is 1.96. The van der Waals surface area contributed by atoms with Crippen LogP contribution in [0.5, 0.6) is 5.75 Å². The summed E-state index contributed by atoms with van der Waals surface area (Å²) in [5.41, 5.74) is 1.34. The molecule has 2 aromatic carbocycles. The average Bonchev–Trinajstić information content (AvgIpc) is 2.48. The van der Waals surface area contributed by atoms with E-state index in [2.05, 4.69) is 20.9 Å². The summed E-state index contributed by atoms with van der Waals surface area (Å²) in [7, 11) is 0. The standard InChI is InChI=1S/C16H13BrClNO3/c1-2-21-16(20)22-15-7-6-12(17)8-11(15)10-19-14-5-3-4-13(18)9-14/h3-10H,2H2,1H3. The molecule has 0 radical (unpaired) electrons. The number of hydrogen-bond acceptors (Lipinski definition) is 4. The summed E-state index contributed by atoms with van der Waals surface area (Å²) in [6.07, 6.45) is 0.854. The third-order valence-electron chi connectivity index (χ3n) is 2.59. The van der Waals surface area contributed by atoms with Crippen molar-refractivity contribution in [3.05, 3.63) is 57.5 Å². The van der Waals surface area contributed by atoms with E-state index in [4.69, 9.17) is 21.1 Å². The first-order valence-electron chi connectivity index (χ1n) is 6.52. The first-order valence-corrected chi connectivity index (χ1v) is 7.69. The second kappa shape index (κ2) is 7.96. The Morgan fingerprint density at radius 2 is 2.14 bits per heavy atom. The van der Waals surface area contributed by atoms with Gasteiger partial charge < -0.3 is 9.47 Å². The molecule has 0 fully saturated rings. The molecule has 0 heterocycles. The number of ether oxygens (including phenoxy) is 2. The lowest BCUT2D eigenvalue weighted by atomic mass is 10.2. The van der Waals surface area contributed by atoms with Crippen molar-refractivity contribution in [2.24, 2.45) is 4.99 Å². The summed E-state index contributed by atoms with van der Waals surface area (Å²) in [6, 6.07) is 12.4. The highest BCUT2D eigenvalue weighted by Gasteiger charge is 2.09. The van der Waals surface area contributed by atoms with Crippen LogP contribution < -0.4 is 4.74 Å². The Hall–Kier alpha value is -1.85. The molecule has 0 bridgehead atoms. The van der Waals surface area contributed by atoms with Crippen LogP contribution in [0.15, 0.2) is 51.9 Å². The van der Waals surface area contributed by atoms with Crippen molar-refractivity contribution in [3.8, 4) is 5.75 Å². The van der Waals surface area contributed by atoms with Gasteiger partial charge in [-0.25, -0.2) is 4.79 Å². The van der Waals surface area contributed by atoms with Crippen LogP contribution in [-0.4, -0.2) is 19.0 Å². The molecule has 0 aromatic heterocycles. The zero-order valence-electron chi connectivity index (χ0n) is 11.8. The highest BCUT2D eigenvalue weighted by Crippen LogP contribution is 2.24. The van der Waals surface area contributed by atoms with Crippen LogP contribution in [-0.2, 0) is 4.74 Å². The number of hydrogen-bond donors (Lipinski definition) is 0. The Bertz CT molecular complexity index is 704. The molecular formula is C16H13BrClNO3. The molecule has 0 N–H and O–H groups in total. The highest BCUT2D eigenvalue weighted by molar-refractivity contribution is 9.10. The Kier molecular flexibility index (Phi) is 5.98. The normalized spacial score (nSPS) is 10.7. The van der Waals surface area contributed by atoms with Gasteiger partial charge in [0.2, 0.25) is 0 Å². The first kappa shape index (κ1) is 16.5. The van der Waals surface area contributed by atoms with Crippen LogP contribution >= 0.6 is 27.5 Å². The maximum absolute atomic E-state index is 11.5. The summed E-state index contributed by atoms with van der Waals surface area (Å²) in [5.74, 6) is 0.368. The van der Waals surface area contributed by atoms with E-state index < -0.39 is 6.16 Å². The molecule has 0 spiro atoms. The van der Waals surface area contributed by atoms with Crippen molar-refractivity contribution in [2.45, 2.75) is 6.92 Å². The number of carbonyl (C=O) groups is 1. The van der Waals surface area contributed by atoms with Gasteiger partial charge >= 0.3 is 6.16 Å². The van der Waals surface area contributed by atoms with Gasteiger partial charge in [-0.1, -0.05) is 33.6 Å². The minimum atomic E-state index is -0.748. The summed E-state index contributed by atoms with van der Waals surface area (Å²) >= 11 is 9.30. The minimum Gasteiger partial charge on any atom is -0.434 e. The van der Waals surface area contributed by atoms with E-state index in [-0.39, 0.29) is 6.61 Å². The van der Waals surface area contributed by atoms with Crippen LogP contribution in [0.4, 0.5) is 10.5 Å². The van der Waals surface area contributed by atoms with Crippen LogP contribution in [0.25, 0.3) is 0 Å². The largest absolute Gasteiger partial charge is 0.513 e. The molecule has 0 amide bonds. The maximum Gasteiger partial charge on any atom is 0.513 e. The third-order valence-corrected chi connectivity index (χ3v) is 3.32. The molecular weight excluding hydrogens is 370 g/mol. The maximum atomic E-state index is 11.5. The van der Waals surface area contributed by atoms with Crippen molar-refractivity contribution in [1.29, 1.82) is 0 Å². The predicted molar refractivity (Wildman–Crippen MR) is 90.5 cm³/mol. The third kappa shape index (κ3) is 4.86. The highest BCUT2D eigenvalue weighted by atomic mass is 79.9.